The van der Waals surface area contributed by atoms with Crippen LogP contribution in [0.5, 0.6) is 11.5 Å². The summed E-state index contributed by atoms with van der Waals surface area (Å²) < 4.78 is 48.3. The third kappa shape index (κ3) is 6.52. The summed E-state index contributed by atoms with van der Waals surface area (Å²) in [4.78, 5) is 23.7. The average molecular weight is 409 g/mol. The highest BCUT2D eigenvalue weighted by atomic mass is 19.4. The van der Waals surface area contributed by atoms with Crippen LogP contribution in [0.4, 0.5) is 18.9 Å². The molecule has 0 bridgehead atoms. The Hall–Kier alpha value is -3.56. The van der Waals surface area contributed by atoms with E-state index in [1.807, 2.05) is 0 Å². The Labute approximate surface area is 164 Å². The van der Waals surface area contributed by atoms with E-state index >= 15 is 0 Å². The normalized spacial score (nSPS) is 11.2. The number of alkyl halides is 3. The first-order valence-electron chi connectivity index (χ1n) is 8.24. The highest BCUT2D eigenvalue weighted by Gasteiger charge is 2.30. The van der Waals surface area contributed by atoms with Crippen molar-refractivity contribution in [3.05, 3.63) is 53.6 Å². The summed E-state index contributed by atoms with van der Waals surface area (Å²) in [7, 11) is 2.96. The first kappa shape index (κ1) is 21.7. The van der Waals surface area contributed by atoms with Gasteiger partial charge in [0, 0.05) is 11.3 Å². The molecule has 0 spiro atoms. The molecule has 0 aliphatic rings. The van der Waals surface area contributed by atoms with Gasteiger partial charge in [0.15, 0.2) is 0 Å². The van der Waals surface area contributed by atoms with Crippen LogP contribution in [-0.4, -0.2) is 32.2 Å². The van der Waals surface area contributed by atoms with Crippen molar-refractivity contribution < 1.29 is 32.2 Å². The van der Waals surface area contributed by atoms with Crippen LogP contribution in [0.15, 0.2) is 47.6 Å². The van der Waals surface area contributed by atoms with Crippen molar-refractivity contribution >= 4 is 23.7 Å². The van der Waals surface area contributed by atoms with Gasteiger partial charge < -0.3 is 14.8 Å². The number of methoxy groups -OCH3 is 2. The van der Waals surface area contributed by atoms with E-state index in [4.69, 9.17) is 9.47 Å². The Kier molecular flexibility index (Phi) is 7.18. The quantitative estimate of drug-likeness (QED) is 0.418. The highest BCUT2D eigenvalue weighted by molar-refractivity contribution is 6.03. The molecule has 2 N–H and O–H groups in total. The van der Waals surface area contributed by atoms with Gasteiger partial charge in [0.2, 0.25) is 11.8 Å². The molecular formula is C19H18F3N3O4. The van der Waals surface area contributed by atoms with Crippen LogP contribution >= 0.6 is 0 Å². The molecule has 0 aliphatic heterocycles. The third-order valence-electron chi connectivity index (χ3n) is 3.62. The van der Waals surface area contributed by atoms with E-state index in [1.165, 1.54) is 26.5 Å². The lowest BCUT2D eigenvalue weighted by atomic mass is 10.2. The minimum absolute atomic E-state index is 0.0674. The fourth-order valence-electron chi connectivity index (χ4n) is 2.28. The Morgan fingerprint density at radius 1 is 1.07 bits per heavy atom. The largest absolute Gasteiger partial charge is 0.497 e. The molecule has 0 saturated heterocycles. The summed E-state index contributed by atoms with van der Waals surface area (Å²) >= 11 is 0. The fourth-order valence-corrected chi connectivity index (χ4v) is 2.28. The highest BCUT2D eigenvalue weighted by Crippen LogP contribution is 2.30. The molecule has 154 valence electrons. The van der Waals surface area contributed by atoms with E-state index in [0.29, 0.717) is 17.1 Å². The summed E-state index contributed by atoms with van der Waals surface area (Å²) in [6, 6.07) is 9.09. The van der Waals surface area contributed by atoms with Crippen LogP contribution in [0.3, 0.4) is 0 Å². The van der Waals surface area contributed by atoms with Gasteiger partial charge in [-0.05, 0) is 36.4 Å². The Balaban J connectivity index is 1.93. The lowest BCUT2D eigenvalue weighted by Gasteiger charge is -2.09. The minimum Gasteiger partial charge on any atom is -0.497 e. The maximum Gasteiger partial charge on any atom is 0.416 e. The number of halogens is 3. The lowest BCUT2D eigenvalue weighted by Crippen LogP contribution is -2.24. The van der Waals surface area contributed by atoms with Gasteiger partial charge in [-0.25, -0.2) is 5.43 Å². The standard InChI is InChI=1S/C19H18F3N3O4/c1-28-15-6-7-16(29-2)12(8-15)11-23-25-18(27)10-17(26)24-14-5-3-4-13(9-14)19(20,21)22/h3-9,11H,10H2,1-2H3,(H,24,26)(H,25,27). The van der Waals surface area contributed by atoms with Crippen LogP contribution < -0.4 is 20.2 Å². The summed E-state index contributed by atoms with van der Waals surface area (Å²) in [5, 5.41) is 5.98. The summed E-state index contributed by atoms with van der Waals surface area (Å²) in [5.74, 6) is -0.478. The smallest absolute Gasteiger partial charge is 0.416 e. The fraction of sp³-hybridized carbons (Fsp3) is 0.211. The van der Waals surface area contributed by atoms with Crippen molar-refractivity contribution in [3.63, 3.8) is 0 Å². The maximum absolute atomic E-state index is 12.7. The van der Waals surface area contributed by atoms with Crippen molar-refractivity contribution in [1.82, 2.24) is 5.43 Å². The first-order valence-corrected chi connectivity index (χ1v) is 8.24. The van der Waals surface area contributed by atoms with Crippen LogP contribution in [0, 0.1) is 0 Å². The third-order valence-corrected chi connectivity index (χ3v) is 3.62. The predicted octanol–water partition coefficient (Wildman–Crippen LogP) is 3.20. The lowest BCUT2D eigenvalue weighted by molar-refractivity contribution is -0.137. The summed E-state index contributed by atoms with van der Waals surface area (Å²) in [6.45, 7) is 0. The van der Waals surface area contributed by atoms with E-state index in [0.717, 1.165) is 18.2 Å². The van der Waals surface area contributed by atoms with Gasteiger partial charge in [-0.15, -0.1) is 0 Å². The molecule has 10 heteroatoms. The molecule has 2 aromatic rings. The number of hydrogen-bond acceptors (Lipinski definition) is 5. The van der Waals surface area contributed by atoms with Gasteiger partial charge in [-0.3, -0.25) is 9.59 Å². The number of benzene rings is 2. The molecule has 0 fully saturated rings. The molecule has 0 aliphatic carbocycles. The average Bonchev–Trinajstić information content (AvgIpc) is 2.67. The first-order chi connectivity index (χ1) is 13.7. The number of nitrogens with zero attached hydrogens (tertiary/aromatic N) is 1. The molecule has 7 nitrogen and oxygen atoms in total. The number of nitrogens with one attached hydrogen (secondary N) is 2. The molecule has 0 aromatic heterocycles. The zero-order valence-corrected chi connectivity index (χ0v) is 15.5. The number of hydrogen-bond donors (Lipinski definition) is 2. The van der Waals surface area contributed by atoms with Crippen molar-refractivity contribution in [2.24, 2.45) is 5.10 Å². The second kappa shape index (κ2) is 9.58. The Morgan fingerprint density at radius 3 is 2.48 bits per heavy atom. The maximum atomic E-state index is 12.7. The molecule has 2 amide bonds. The predicted molar refractivity (Wildman–Crippen MR) is 100.0 cm³/mol. The molecule has 0 unspecified atom stereocenters. The van der Waals surface area contributed by atoms with E-state index in [-0.39, 0.29) is 5.69 Å². The topological polar surface area (TPSA) is 89.0 Å². The number of anilines is 1. The molecule has 0 atom stereocenters. The van der Waals surface area contributed by atoms with Crippen LogP contribution in [-0.2, 0) is 15.8 Å². The van der Waals surface area contributed by atoms with Crippen molar-refractivity contribution in [3.8, 4) is 11.5 Å². The number of hydrazone groups is 1. The Bertz CT molecular complexity index is 914. The number of carbonyl (C=O) groups is 2. The van der Waals surface area contributed by atoms with E-state index in [9.17, 15) is 22.8 Å². The summed E-state index contributed by atoms with van der Waals surface area (Å²) in [6.07, 6.45) is -3.85. The van der Waals surface area contributed by atoms with Crippen LogP contribution in [0.2, 0.25) is 0 Å². The van der Waals surface area contributed by atoms with Crippen molar-refractivity contribution in [2.45, 2.75) is 12.6 Å². The van der Waals surface area contributed by atoms with Gasteiger partial charge in [0.1, 0.15) is 17.9 Å². The van der Waals surface area contributed by atoms with Gasteiger partial charge in [-0.1, -0.05) is 6.07 Å². The van der Waals surface area contributed by atoms with Crippen molar-refractivity contribution in [1.29, 1.82) is 0 Å². The molecular weight excluding hydrogens is 391 g/mol. The second-order valence-corrected chi connectivity index (χ2v) is 5.70. The number of rotatable bonds is 7. The van der Waals surface area contributed by atoms with Gasteiger partial charge in [-0.2, -0.15) is 18.3 Å². The van der Waals surface area contributed by atoms with Gasteiger partial charge in [0.05, 0.1) is 26.0 Å². The molecule has 0 heterocycles. The zero-order chi connectivity index (χ0) is 21.4. The van der Waals surface area contributed by atoms with Crippen molar-refractivity contribution in [2.75, 3.05) is 19.5 Å². The van der Waals surface area contributed by atoms with Crippen LogP contribution in [0.25, 0.3) is 0 Å². The summed E-state index contributed by atoms with van der Waals surface area (Å²) in [5.41, 5.74) is 1.72. The molecule has 2 rings (SSSR count). The monoisotopic (exact) mass is 409 g/mol. The molecule has 0 saturated carbocycles. The molecule has 2 aromatic carbocycles. The zero-order valence-electron chi connectivity index (χ0n) is 15.5. The number of amides is 2. The van der Waals surface area contributed by atoms with E-state index in [1.54, 1.807) is 18.2 Å². The van der Waals surface area contributed by atoms with Gasteiger partial charge >= 0.3 is 6.18 Å². The Morgan fingerprint density at radius 2 is 1.83 bits per heavy atom. The molecule has 0 radical (unpaired) electrons. The minimum atomic E-state index is -4.53. The number of carbonyl (C=O) groups excluding carboxylic acids is 2. The molecule has 29 heavy (non-hydrogen) atoms. The van der Waals surface area contributed by atoms with Gasteiger partial charge in [0.25, 0.3) is 0 Å². The van der Waals surface area contributed by atoms with Crippen LogP contribution in [0.1, 0.15) is 17.5 Å². The van der Waals surface area contributed by atoms with E-state index < -0.39 is 30.0 Å². The SMILES string of the molecule is COc1ccc(OC)c(C=NNC(=O)CC(=O)Nc2cccc(C(F)(F)F)c2)c1. The number of ether oxygens (including phenoxy) is 2. The van der Waals surface area contributed by atoms with E-state index in [2.05, 4.69) is 15.8 Å². The second-order valence-electron chi connectivity index (χ2n) is 5.70.